The first-order valence-corrected chi connectivity index (χ1v) is 9.70. The topological polar surface area (TPSA) is 73.3 Å². The minimum absolute atomic E-state index is 0.144. The number of hydrogen-bond acceptors (Lipinski definition) is 6. The number of ether oxygens (including phenoxy) is 2. The molecule has 6 nitrogen and oxygen atoms in total. The summed E-state index contributed by atoms with van der Waals surface area (Å²) >= 11 is 7.22. The van der Waals surface area contributed by atoms with Crippen LogP contribution in [0.2, 0.25) is 5.02 Å². The van der Waals surface area contributed by atoms with Crippen LogP contribution in [-0.2, 0) is 4.79 Å². The molecule has 0 atom stereocenters. The molecule has 0 saturated heterocycles. The van der Waals surface area contributed by atoms with Crippen molar-refractivity contribution in [1.82, 2.24) is 10.2 Å². The van der Waals surface area contributed by atoms with Crippen LogP contribution in [0.1, 0.15) is 0 Å². The first-order valence-electron chi connectivity index (χ1n) is 8.33. The number of nitrogens with one attached hydrogen (secondary N) is 1. The predicted molar refractivity (Wildman–Crippen MR) is 111 cm³/mol. The first-order chi connectivity index (χ1) is 13.6. The SMILES string of the molecule is COc1ccc(-c2ccc(SCC(=O)Nc3cccc(Cl)c3)nn2)c(OC)c1. The molecule has 2 aromatic carbocycles. The Hall–Kier alpha value is -2.77. The molecule has 0 unspecified atom stereocenters. The zero-order valence-corrected chi connectivity index (χ0v) is 16.9. The van der Waals surface area contributed by atoms with E-state index in [1.54, 1.807) is 44.6 Å². The van der Waals surface area contributed by atoms with Crippen molar-refractivity contribution in [2.45, 2.75) is 5.03 Å². The standard InChI is InChI=1S/C20H18ClN3O3S/c1-26-15-6-7-16(18(11-15)27-2)17-8-9-20(24-23-17)28-12-19(25)22-14-5-3-4-13(21)10-14/h3-11H,12H2,1-2H3,(H,22,25). The molecule has 144 valence electrons. The van der Waals surface area contributed by atoms with Crippen LogP contribution in [0.25, 0.3) is 11.3 Å². The molecule has 1 heterocycles. The normalized spacial score (nSPS) is 10.4. The minimum atomic E-state index is -0.144. The second kappa shape index (κ2) is 9.43. The molecular weight excluding hydrogens is 398 g/mol. The van der Waals surface area contributed by atoms with E-state index in [2.05, 4.69) is 15.5 Å². The number of hydrogen-bond donors (Lipinski definition) is 1. The third kappa shape index (κ3) is 5.15. The summed E-state index contributed by atoms with van der Waals surface area (Å²) < 4.78 is 10.6. The molecule has 0 radical (unpaired) electrons. The molecule has 28 heavy (non-hydrogen) atoms. The summed E-state index contributed by atoms with van der Waals surface area (Å²) in [6, 6.07) is 16.2. The van der Waals surface area contributed by atoms with E-state index in [1.165, 1.54) is 11.8 Å². The molecule has 3 rings (SSSR count). The number of anilines is 1. The zero-order chi connectivity index (χ0) is 19.9. The lowest BCUT2D eigenvalue weighted by Crippen LogP contribution is -2.14. The van der Waals surface area contributed by atoms with Crippen LogP contribution in [0.4, 0.5) is 5.69 Å². The maximum Gasteiger partial charge on any atom is 0.234 e. The van der Waals surface area contributed by atoms with Gasteiger partial charge in [0.25, 0.3) is 0 Å². The molecule has 1 amide bonds. The molecule has 0 fully saturated rings. The van der Waals surface area contributed by atoms with Crippen molar-refractivity contribution in [2.75, 3.05) is 25.3 Å². The van der Waals surface area contributed by atoms with Crippen LogP contribution in [0.3, 0.4) is 0 Å². The highest BCUT2D eigenvalue weighted by atomic mass is 35.5. The van der Waals surface area contributed by atoms with Crippen molar-refractivity contribution < 1.29 is 14.3 Å². The summed E-state index contributed by atoms with van der Waals surface area (Å²) in [4.78, 5) is 12.1. The molecule has 0 bridgehead atoms. The molecular formula is C20H18ClN3O3S. The molecule has 1 aromatic heterocycles. The first kappa shape index (κ1) is 20.0. The van der Waals surface area contributed by atoms with Gasteiger partial charge in [0.05, 0.1) is 25.7 Å². The summed E-state index contributed by atoms with van der Waals surface area (Å²) in [6.45, 7) is 0. The summed E-state index contributed by atoms with van der Waals surface area (Å²) in [5.41, 5.74) is 2.14. The largest absolute Gasteiger partial charge is 0.497 e. The summed E-state index contributed by atoms with van der Waals surface area (Å²) in [5, 5.41) is 12.5. The molecule has 8 heteroatoms. The van der Waals surface area contributed by atoms with E-state index in [0.717, 1.165) is 5.56 Å². The number of halogens is 1. The van der Waals surface area contributed by atoms with Gasteiger partial charge >= 0.3 is 0 Å². The van der Waals surface area contributed by atoms with Crippen LogP contribution in [-0.4, -0.2) is 36.1 Å². The number of rotatable bonds is 7. The Balaban J connectivity index is 1.62. The highest BCUT2D eigenvalue weighted by Crippen LogP contribution is 2.32. The molecule has 0 aliphatic rings. The quantitative estimate of drug-likeness (QED) is 0.571. The van der Waals surface area contributed by atoms with Crippen LogP contribution in [0.5, 0.6) is 11.5 Å². The summed E-state index contributed by atoms with van der Waals surface area (Å²) in [5.74, 6) is 1.42. The van der Waals surface area contributed by atoms with Crippen LogP contribution in [0, 0.1) is 0 Å². The van der Waals surface area contributed by atoms with Gasteiger partial charge in [-0.3, -0.25) is 4.79 Å². The van der Waals surface area contributed by atoms with Gasteiger partial charge in [-0.25, -0.2) is 0 Å². The predicted octanol–water partition coefficient (Wildman–Crippen LogP) is 4.55. The van der Waals surface area contributed by atoms with Crippen LogP contribution < -0.4 is 14.8 Å². The summed E-state index contributed by atoms with van der Waals surface area (Å²) in [7, 11) is 3.19. The Morgan fingerprint density at radius 3 is 2.61 bits per heavy atom. The number of amides is 1. The molecule has 0 saturated carbocycles. The number of thioether (sulfide) groups is 1. The highest BCUT2D eigenvalue weighted by molar-refractivity contribution is 7.99. The second-order valence-corrected chi connectivity index (χ2v) is 7.10. The smallest absolute Gasteiger partial charge is 0.234 e. The molecule has 0 aliphatic carbocycles. The number of carbonyl (C=O) groups is 1. The van der Waals surface area contributed by atoms with Gasteiger partial charge in [-0.05, 0) is 42.5 Å². The van der Waals surface area contributed by atoms with Crippen LogP contribution >= 0.6 is 23.4 Å². The highest BCUT2D eigenvalue weighted by Gasteiger charge is 2.11. The third-order valence-corrected chi connectivity index (χ3v) is 4.94. The number of benzene rings is 2. The zero-order valence-electron chi connectivity index (χ0n) is 15.3. The van der Waals surface area contributed by atoms with Crippen molar-refractivity contribution in [1.29, 1.82) is 0 Å². The number of aromatic nitrogens is 2. The molecule has 0 spiro atoms. The van der Waals surface area contributed by atoms with E-state index in [4.69, 9.17) is 21.1 Å². The van der Waals surface area contributed by atoms with Gasteiger partial charge < -0.3 is 14.8 Å². The lowest BCUT2D eigenvalue weighted by molar-refractivity contribution is -0.113. The number of nitrogens with zero attached hydrogens (tertiary/aromatic N) is 2. The fraction of sp³-hybridized carbons (Fsp3) is 0.150. The Labute approximate surface area is 172 Å². The van der Waals surface area contributed by atoms with E-state index < -0.39 is 0 Å². The Kier molecular flexibility index (Phi) is 6.73. The average Bonchev–Trinajstić information content (AvgIpc) is 2.72. The maximum absolute atomic E-state index is 12.1. The minimum Gasteiger partial charge on any atom is -0.497 e. The van der Waals surface area contributed by atoms with E-state index in [1.807, 2.05) is 24.3 Å². The molecule has 3 aromatic rings. The van der Waals surface area contributed by atoms with Crippen molar-refractivity contribution in [3.05, 3.63) is 59.6 Å². The van der Waals surface area contributed by atoms with Gasteiger partial charge in [-0.15, -0.1) is 10.2 Å². The van der Waals surface area contributed by atoms with E-state index in [9.17, 15) is 4.79 Å². The van der Waals surface area contributed by atoms with E-state index in [0.29, 0.717) is 32.9 Å². The monoisotopic (exact) mass is 415 g/mol. The Morgan fingerprint density at radius 2 is 1.93 bits per heavy atom. The van der Waals surface area contributed by atoms with Gasteiger partial charge in [0.2, 0.25) is 5.91 Å². The van der Waals surface area contributed by atoms with Gasteiger partial charge in [-0.2, -0.15) is 0 Å². The number of carbonyl (C=O) groups excluding carboxylic acids is 1. The Bertz CT molecular complexity index is 967. The lowest BCUT2D eigenvalue weighted by atomic mass is 10.1. The summed E-state index contributed by atoms with van der Waals surface area (Å²) in [6.07, 6.45) is 0. The lowest BCUT2D eigenvalue weighted by Gasteiger charge is -2.10. The van der Waals surface area contributed by atoms with E-state index in [-0.39, 0.29) is 11.7 Å². The second-order valence-electron chi connectivity index (χ2n) is 5.67. The average molecular weight is 416 g/mol. The van der Waals surface area contributed by atoms with Gasteiger partial charge in [0, 0.05) is 22.3 Å². The molecule has 0 aliphatic heterocycles. The maximum atomic E-state index is 12.1. The van der Waals surface area contributed by atoms with Gasteiger partial charge in [0.15, 0.2) is 0 Å². The van der Waals surface area contributed by atoms with Gasteiger partial charge in [-0.1, -0.05) is 29.4 Å². The fourth-order valence-electron chi connectivity index (χ4n) is 2.45. The third-order valence-electron chi connectivity index (χ3n) is 3.78. The van der Waals surface area contributed by atoms with Gasteiger partial charge in [0.1, 0.15) is 16.5 Å². The molecule has 1 N–H and O–H groups in total. The van der Waals surface area contributed by atoms with Crippen molar-refractivity contribution >= 4 is 35.0 Å². The number of methoxy groups -OCH3 is 2. The van der Waals surface area contributed by atoms with Crippen LogP contribution in [0.15, 0.2) is 59.6 Å². The van der Waals surface area contributed by atoms with Crippen molar-refractivity contribution in [2.24, 2.45) is 0 Å². The van der Waals surface area contributed by atoms with E-state index >= 15 is 0 Å². The fourth-order valence-corrected chi connectivity index (χ4v) is 3.26. The Morgan fingerprint density at radius 1 is 1.07 bits per heavy atom. The van der Waals surface area contributed by atoms with Crippen molar-refractivity contribution in [3.8, 4) is 22.8 Å². The van der Waals surface area contributed by atoms with Crippen molar-refractivity contribution in [3.63, 3.8) is 0 Å².